The number of rotatable bonds is 3. The zero-order chi connectivity index (χ0) is 17.3. The van der Waals surface area contributed by atoms with Crippen LogP contribution in [0.3, 0.4) is 0 Å². The molecule has 0 saturated carbocycles. The molecular weight excluding hydrogens is 309 g/mol. The maximum Gasteiger partial charge on any atom is 0.254 e. The fraction of sp³-hybridized carbons (Fsp3) is 0.389. The van der Waals surface area contributed by atoms with Gasteiger partial charge in [0.1, 0.15) is 5.82 Å². The van der Waals surface area contributed by atoms with Crippen molar-refractivity contribution in [2.24, 2.45) is 5.73 Å². The van der Waals surface area contributed by atoms with Crippen molar-refractivity contribution in [3.8, 4) is 0 Å². The van der Waals surface area contributed by atoms with E-state index in [1.54, 1.807) is 24.0 Å². The van der Waals surface area contributed by atoms with Gasteiger partial charge in [0.05, 0.1) is 11.1 Å². The minimum Gasteiger partial charge on any atom is -0.370 e. The Morgan fingerprint density at radius 3 is 2.88 bits per heavy atom. The molecule has 1 aromatic carbocycles. The predicted molar refractivity (Wildman–Crippen MR) is 88.9 cm³/mol. The van der Waals surface area contributed by atoms with E-state index >= 15 is 0 Å². The second kappa shape index (κ2) is 6.55. The lowest BCUT2D eigenvalue weighted by Crippen LogP contribution is -2.45. The fourth-order valence-corrected chi connectivity index (χ4v) is 3.38. The van der Waals surface area contributed by atoms with Crippen molar-refractivity contribution >= 4 is 22.7 Å². The van der Waals surface area contributed by atoms with Crippen molar-refractivity contribution < 1.29 is 14.0 Å². The standard InChI is InChI=1S/C18H20FN3O2/c1-11-8-15(14-6-5-12(19)9-16(14)21-11)18(24)22-7-3-2-4-13(22)10-17(20)23/h5-6,8-9,13H,2-4,7,10H2,1H3,(H2,20,23). The summed E-state index contributed by atoms with van der Waals surface area (Å²) in [6, 6.07) is 5.78. The van der Waals surface area contributed by atoms with Crippen LogP contribution in [0.15, 0.2) is 24.3 Å². The van der Waals surface area contributed by atoms with Crippen molar-refractivity contribution in [3.63, 3.8) is 0 Å². The molecule has 24 heavy (non-hydrogen) atoms. The molecule has 1 aromatic heterocycles. The number of primary amides is 1. The van der Waals surface area contributed by atoms with E-state index in [0.717, 1.165) is 19.3 Å². The van der Waals surface area contributed by atoms with Crippen molar-refractivity contribution in [1.82, 2.24) is 9.88 Å². The van der Waals surface area contributed by atoms with E-state index in [2.05, 4.69) is 4.98 Å². The van der Waals surface area contributed by atoms with Gasteiger partial charge in [0.25, 0.3) is 5.91 Å². The lowest BCUT2D eigenvalue weighted by Gasteiger charge is -2.35. The zero-order valence-electron chi connectivity index (χ0n) is 13.6. The molecule has 3 rings (SSSR count). The summed E-state index contributed by atoms with van der Waals surface area (Å²) in [6.45, 7) is 2.37. The number of piperidine rings is 1. The molecule has 6 heteroatoms. The van der Waals surface area contributed by atoms with Crippen LogP contribution in [0, 0.1) is 12.7 Å². The maximum absolute atomic E-state index is 13.5. The van der Waals surface area contributed by atoms with Crippen molar-refractivity contribution in [2.75, 3.05) is 6.54 Å². The van der Waals surface area contributed by atoms with Crippen LogP contribution in [0.4, 0.5) is 4.39 Å². The summed E-state index contributed by atoms with van der Waals surface area (Å²) < 4.78 is 13.5. The van der Waals surface area contributed by atoms with Crippen LogP contribution in [0.1, 0.15) is 41.7 Å². The topological polar surface area (TPSA) is 76.3 Å². The Labute approximate surface area is 139 Å². The summed E-state index contributed by atoms with van der Waals surface area (Å²) in [5.41, 5.74) is 6.93. The highest BCUT2D eigenvalue weighted by molar-refractivity contribution is 6.06. The summed E-state index contributed by atoms with van der Waals surface area (Å²) in [6.07, 6.45) is 2.81. The van der Waals surface area contributed by atoms with Crippen LogP contribution in [0.2, 0.25) is 0 Å². The minimum absolute atomic E-state index is 0.150. The zero-order valence-corrected chi connectivity index (χ0v) is 13.6. The van der Waals surface area contributed by atoms with Crippen molar-refractivity contribution in [1.29, 1.82) is 0 Å². The SMILES string of the molecule is Cc1cc(C(=O)N2CCCCC2CC(N)=O)c2ccc(F)cc2n1. The van der Waals surface area contributed by atoms with Gasteiger partial charge in [-0.25, -0.2) is 4.39 Å². The second-order valence-corrected chi connectivity index (χ2v) is 6.29. The highest BCUT2D eigenvalue weighted by Gasteiger charge is 2.29. The number of carbonyl (C=O) groups is 2. The number of carbonyl (C=O) groups excluding carboxylic acids is 2. The third kappa shape index (κ3) is 3.22. The average Bonchev–Trinajstić information content (AvgIpc) is 2.53. The summed E-state index contributed by atoms with van der Waals surface area (Å²) >= 11 is 0. The Hall–Kier alpha value is -2.50. The molecule has 1 unspecified atom stereocenters. The number of amides is 2. The van der Waals surface area contributed by atoms with Gasteiger partial charge in [-0.05, 0) is 44.4 Å². The molecular formula is C18H20FN3O2. The van der Waals surface area contributed by atoms with Crippen LogP contribution in [-0.4, -0.2) is 34.3 Å². The summed E-state index contributed by atoms with van der Waals surface area (Å²) in [5, 5.41) is 0.621. The molecule has 2 heterocycles. The number of hydrogen-bond donors (Lipinski definition) is 1. The highest BCUT2D eigenvalue weighted by atomic mass is 19.1. The summed E-state index contributed by atoms with van der Waals surface area (Å²) in [7, 11) is 0. The van der Waals surface area contributed by atoms with Crippen LogP contribution < -0.4 is 5.73 Å². The van der Waals surface area contributed by atoms with E-state index in [1.807, 2.05) is 0 Å². The van der Waals surface area contributed by atoms with E-state index < -0.39 is 5.91 Å². The molecule has 0 bridgehead atoms. The number of pyridine rings is 1. The van der Waals surface area contributed by atoms with Gasteiger partial charge in [-0.2, -0.15) is 0 Å². The van der Waals surface area contributed by atoms with Gasteiger partial charge >= 0.3 is 0 Å². The number of nitrogens with two attached hydrogens (primary N) is 1. The average molecular weight is 329 g/mol. The first-order chi connectivity index (χ1) is 11.5. The first-order valence-electron chi connectivity index (χ1n) is 8.12. The van der Waals surface area contributed by atoms with Gasteiger partial charge in [-0.1, -0.05) is 0 Å². The molecule has 1 saturated heterocycles. The smallest absolute Gasteiger partial charge is 0.254 e. The third-order valence-corrected chi connectivity index (χ3v) is 4.46. The van der Waals surface area contributed by atoms with Gasteiger partial charge in [0.2, 0.25) is 5.91 Å². The lowest BCUT2D eigenvalue weighted by atomic mass is 9.97. The first kappa shape index (κ1) is 16.4. The third-order valence-electron chi connectivity index (χ3n) is 4.46. The number of aryl methyl sites for hydroxylation is 1. The monoisotopic (exact) mass is 329 g/mol. The summed E-state index contributed by atoms with van der Waals surface area (Å²) in [5.74, 6) is -0.941. The van der Waals surface area contributed by atoms with Gasteiger partial charge in [0, 0.05) is 36.2 Å². The molecule has 2 N–H and O–H groups in total. The van der Waals surface area contributed by atoms with Gasteiger partial charge in [-0.3, -0.25) is 14.6 Å². The van der Waals surface area contributed by atoms with Crippen molar-refractivity contribution in [3.05, 3.63) is 41.3 Å². The number of hydrogen-bond acceptors (Lipinski definition) is 3. The number of likely N-dealkylation sites (tertiary alicyclic amines) is 1. The molecule has 0 radical (unpaired) electrons. The molecule has 1 aliphatic heterocycles. The van der Waals surface area contributed by atoms with Gasteiger partial charge in [0.15, 0.2) is 0 Å². The number of aromatic nitrogens is 1. The normalized spacial score (nSPS) is 17.9. The van der Waals surface area contributed by atoms with Crippen LogP contribution in [-0.2, 0) is 4.79 Å². The molecule has 1 aliphatic rings. The molecule has 5 nitrogen and oxygen atoms in total. The Morgan fingerprint density at radius 1 is 1.33 bits per heavy atom. The molecule has 2 amide bonds. The molecule has 0 aliphatic carbocycles. The van der Waals surface area contributed by atoms with E-state index in [9.17, 15) is 14.0 Å². The number of halogens is 1. The number of nitrogens with zero attached hydrogens (tertiary/aromatic N) is 2. The Bertz CT molecular complexity index is 801. The van der Waals surface area contributed by atoms with Gasteiger partial charge < -0.3 is 10.6 Å². The van der Waals surface area contributed by atoms with Crippen molar-refractivity contribution in [2.45, 2.75) is 38.6 Å². The Morgan fingerprint density at radius 2 is 2.12 bits per heavy atom. The largest absolute Gasteiger partial charge is 0.370 e. The molecule has 1 fully saturated rings. The molecule has 2 aromatic rings. The van der Waals surface area contributed by atoms with E-state index in [0.29, 0.717) is 28.7 Å². The Balaban J connectivity index is 2.02. The van der Waals surface area contributed by atoms with E-state index in [4.69, 9.17) is 5.73 Å². The Kier molecular flexibility index (Phi) is 4.46. The quantitative estimate of drug-likeness (QED) is 0.940. The first-order valence-corrected chi connectivity index (χ1v) is 8.12. The molecule has 1 atom stereocenters. The maximum atomic E-state index is 13.5. The van der Waals surface area contributed by atoms with E-state index in [-0.39, 0.29) is 24.2 Å². The van der Waals surface area contributed by atoms with E-state index in [1.165, 1.54) is 12.1 Å². The highest BCUT2D eigenvalue weighted by Crippen LogP contribution is 2.26. The van der Waals surface area contributed by atoms with Crippen LogP contribution in [0.25, 0.3) is 10.9 Å². The fourth-order valence-electron chi connectivity index (χ4n) is 3.38. The van der Waals surface area contributed by atoms with Gasteiger partial charge in [-0.15, -0.1) is 0 Å². The second-order valence-electron chi connectivity index (χ2n) is 6.29. The molecule has 126 valence electrons. The minimum atomic E-state index is -0.405. The van der Waals surface area contributed by atoms with Crippen LogP contribution in [0.5, 0.6) is 0 Å². The predicted octanol–water partition coefficient (Wildman–Crippen LogP) is 2.55. The molecule has 0 spiro atoms. The lowest BCUT2D eigenvalue weighted by molar-refractivity contribution is -0.119. The number of benzene rings is 1. The number of fused-ring (bicyclic) bond motifs is 1. The summed E-state index contributed by atoms with van der Waals surface area (Å²) in [4.78, 5) is 30.4. The van der Waals surface area contributed by atoms with Crippen LogP contribution >= 0.6 is 0 Å².